The van der Waals surface area contributed by atoms with E-state index in [-0.39, 0.29) is 0 Å². The van der Waals surface area contributed by atoms with Crippen LogP contribution in [0.25, 0.3) is 0 Å². The van der Waals surface area contributed by atoms with Crippen LogP contribution in [-0.2, 0) is 0 Å². The van der Waals surface area contributed by atoms with Gasteiger partial charge >= 0.3 is 0 Å². The first-order valence-electron chi connectivity index (χ1n) is 7.88. The number of hydrogen-bond donors (Lipinski definition) is 0. The van der Waals surface area contributed by atoms with Gasteiger partial charge in [0.25, 0.3) is 0 Å². The molecule has 0 aliphatic carbocycles. The number of fused-ring (bicyclic) bond motifs is 2. The van der Waals surface area contributed by atoms with E-state index in [9.17, 15) is 0 Å². The molecule has 112 valence electrons. The summed E-state index contributed by atoms with van der Waals surface area (Å²) in [6.07, 6.45) is 0. The lowest BCUT2D eigenvalue weighted by Gasteiger charge is -2.33. The Labute approximate surface area is 151 Å². The van der Waals surface area contributed by atoms with Crippen molar-refractivity contribution >= 4 is 57.3 Å². The lowest BCUT2D eigenvalue weighted by molar-refractivity contribution is 1.42. The Morgan fingerprint density at radius 2 is 1.17 bits per heavy atom. The SMILES string of the molecule is Cc1cccc(C)c1B1c2ccccc2N(I)c2ccccc21. The van der Waals surface area contributed by atoms with Crippen molar-refractivity contribution in [1.82, 2.24) is 0 Å². The molecule has 23 heavy (non-hydrogen) atoms. The second-order valence-corrected chi connectivity index (χ2v) is 7.10. The van der Waals surface area contributed by atoms with Crippen molar-refractivity contribution in [1.29, 1.82) is 0 Å². The van der Waals surface area contributed by atoms with E-state index in [4.69, 9.17) is 0 Å². The van der Waals surface area contributed by atoms with Crippen molar-refractivity contribution in [2.75, 3.05) is 3.11 Å². The highest BCUT2D eigenvalue weighted by atomic mass is 127. The van der Waals surface area contributed by atoms with Gasteiger partial charge in [0.05, 0.1) is 22.9 Å². The van der Waals surface area contributed by atoms with Crippen LogP contribution in [0.5, 0.6) is 0 Å². The fourth-order valence-electron chi connectivity index (χ4n) is 3.71. The van der Waals surface area contributed by atoms with Gasteiger partial charge in [0.2, 0.25) is 6.71 Å². The lowest BCUT2D eigenvalue weighted by Crippen LogP contribution is -2.58. The molecule has 0 amide bonds. The average Bonchev–Trinajstić information content (AvgIpc) is 2.57. The largest absolute Gasteiger partial charge is 0.284 e. The van der Waals surface area contributed by atoms with Gasteiger partial charge in [-0.3, -0.25) is 3.11 Å². The fourth-order valence-corrected chi connectivity index (χ4v) is 4.59. The minimum Gasteiger partial charge on any atom is -0.284 e. The van der Waals surface area contributed by atoms with Crippen LogP contribution < -0.4 is 19.5 Å². The zero-order valence-electron chi connectivity index (χ0n) is 13.3. The summed E-state index contributed by atoms with van der Waals surface area (Å²) >= 11 is 2.42. The van der Waals surface area contributed by atoms with Gasteiger partial charge in [-0.05, 0) is 36.9 Å². The van der Waals surface area contributed by atoms with Gasteiger partial charge in [-0.25, -0.2) is 0 Å². The lowest BCUT2D eigenvalue weighted by atomic mass is 9.34. The van der Waals surface area contributed by atoms with Gasteiger partial charge in [-0.1, -0.05) is 71.2 Å². The highest BCUT2D eigenvalue weighted by Gasteiger charge is 2.34. The molecule has 0 fully saturated rings. The van der Waals surface area contributed by atoms with E-state index in [1.165, 1.54) is 38.9 Å². The molecule has 0 radical (unpaired) electrons. The smallest absolute Gasteiger partial charge is 0.247 e. The van der Waals surface area contributed by atoms with Crippen LogP contribution in [0.3, 0.4) is 0 Å². The van der Waals surface area contributed by atoms with E-state index < -0.39 is 0 Å². The van der Waals surface area contributed by atoms with E-state index in [1.807, 2.05) is 0 Å². The highest BCUT2D eigenvalue weighted by molar-refractivity contribution is 14.1. The van der Waals surface area contributed by atoms with Crippen LogP contribution in [0.1, 0.15) is 11.1 Å². The minimum atomic E-state index is 0.301. The topological polar surface area (TPSA) is 3.24 Å². The van der Waals surface area contributed by atoms with Crippen molar-refractivity contribution in [3.8, 4) is 0 Å². The summed E-state index contributed by atoms with van der Waals surface area (Å²) in [5, 5.41) is 0. The van der Waals surface area contributed by atoms with Gasteiger partial charge in [0.15, 0.2) is 0 Å². The van der Waals surface area contributed by atoms with Crippen molar-refractivity contribution in [3.05, 3.63) is 77.9 Å². The predicted octanol–water partition coefficient (Wildman–Crippen LogP) is 3.62. The predicted molar refractivity (Wildman–Crippen MR) is 110 cm³/mol. The molecule has 3 aromatic carbocycles. The zero-order valence-corrected chi connectivity index (χ0v) is 15.4. The zero-order chi connectivity index (χ0) is 16.0. The Kier molecular flexibility index (Phi) is 3.68. The Balaban J connectivity index is 2.06. The number of anilines is 2. The molecule has 3 heteroatoms. The van der Waals surface area contributed by atoms with Crippen LogP contribution >= 0.6 is 22.9 Å². The summed E-state index contributed by atoms with van der Waals surface area (Å²) in [5.74, 6) is 0. The molecule has 0 unspecified atom stereocenters. The van der Waals surface area contributed by atoms with Crippen LogP contribution in [0.15, 0.2) is 66.7 Å². The molecule has 3 aromatic rings. The minimum absolute atomic E-state index is 0.301. The summed E-state index contributed by atoms with van der Waals surface area (Å²) < 4.78 is 2.28. The number of hydrogen-bond acceptors (Lipinski definition) is 1. The molecule has 0 spiro atoms. The fraction of sp³-hybridized carbons (Fsp3) is 0.100. The number of para-hydroxylation sites is 2. The van der Waals surface area contributed by atoms with E-state index in [0.29, 0.717) is 6.71 Å². The summed E-state index contributed by atoms with van der Waals surface area (Å²) in [6.45, 7) is 4.75. The van der Waals surface area contributed by atoms with Crippen molar-refractivity contribution in [2.24, 2.45) is 0 Å². The van der Waals surface area contributed by atoms with E-state index in [2.05, 4.69) is 107 Å². The van der Waals surface area contributed by atoms with Crippen molar-refractivity contribution < 1.29 is 0 Å². The first-order valence-corrected chi connectivity index (χ1v) is 8.85. The molecule has 1 heterocycles. The van der Waals surface area contributed by atoms with E-state index in [0.717, 1.165) is 0 Å². The Morgan fingerprint density at radius 1 is 0.696 bits per heavy atom. The number of rotatable bonds is 1. The summed E-state index contributed by atoms with van der Waals surface area (Å²) in [4.78, 5) is 0. The third kappa shape index (κ3) is 2.29. The molecule has 1 nitrogen and oxygen atoms in total. The maximum atomic E-state index is 2.42. The van der Waals surface area contributed by atoms with Gasteiger partial charge in [-0.2, -0.15) is 0 Å². The molecule has 0 bridgehead atoms. The first kappa shape index (κ1) is 14.8. The second-order valence-electron chi connectivity index (χ2n) is 6.14. The molecular weight excluding hydrogens is 392 g/mol. The van der Waals surface area contributed by atoms with Crippen molar-refractivity contribution in [2.45, 2.75) is 13.8 Å². The molecule has 0 saturated heterocycles. The molecule has 1 aliphatic rings. The molecule has 0 atom stereocenters. The summed E-state index contributed by atoms with van der Waals surface area (Å²) in [5.41, 5.74) is 9.52. The number of benzene rings is 3. The van der Waals surface area contributed by atoms with Crippen LogP contribution in [0, 0.1) is 13.8 Å². The average molecular weight is 409 g/mol. The third-order valence-electron chi connectivity index (χ3n) is 4.75. The Bertz CT molecular complexity index is 823. The van der Waals surface area contributed by atoms with Crippen LogP contribution in [0.2, 0.25) is 0 Å². The Morgan fingerprint density at radius 3 is 1.70 bits per heavy atom. The number of aryl methyl sites for hydroxylation is 2. The maximum absolute atomic E-state index is 2.42. The molecule has 0 N–H and O–H groups in total. The Hall–Kier alpha value is -1.75. The second kappa shape index (κ2) is 5.71. The monoisotopic (exact) mass is 409 g/mol. The van der Waals surface area contributed by atoms with Crippen LogP contribution in [-0.4, -0.2) is 6.71 Å². The molecular formula is C20H17BIN. The molecule has 1 aliphatic heterocycles. The number of nitrogens with zero attached hydrogens (tertiary/aromatic N) is 1. The summed E-state index contributed by atoms with van der Waals surface area (Å²) in [6, 6.07) is 24.1. The third-order valence-corrected chi connectivity index (χ3v) is 5.79. The molecule has 0 saturated carbocycles. The maximum Gasteiger partial charge on any atom is 0.247 e. The van der Waals surface area contributed by atoms with Gasteiger partial charge < -0.3 is 0 Å². The first-order chi connectivity index (χ1) is 11.2. The molecule has 4 rings (SSSR count). The van der Waals surface area contributed by atoms with E-state index in [1.54, 1.807) is 0 Å². The van der Waals surface area contributed by atoms with E-state index >= 15 is 0 Å². The van der Waals surface area contributed by atoms with Gasteiger partial charge in [0.1, 0.15) is 0 Å². The van der Waals surface area contributed by atoms with Crippen LogP contribution in [0.4, 0.5) is 11.4 Å². The van der Waals surface area contributed by atoms with Gasteiger partial charge in [0, 0.05) is 11.4 Å². The normalized spacial score (nSPS) is 12.8. The summed E-state index contributed by atoms with van der Waals surface area (Å²) in [7, 11) is 0. The molecule has 0 aromatic heterocycles. The highest BCUT2D eigenvalue weighted by Crippen LogP contribution is 2.31. The standard InChI is InChI=1S/C20H17BIN/c1-14-8-7-9-15(2)20(14)21-16-10-3-5-12-18(16)23(22)19-13-6-4-11-17(19)21/h3-13H,1-2H3. The quantitative estimate of drug-likeness (QED) is 0.337. The number of halogens is 1. The van der Waals surface area contributed by atoms with Gasteiger partial charge in [-0.15, -0.1) is 0 Å². The van der Waals surface area contributed by atoms with Crippen molar-refractivity contribution in [3.63, 3.8) is 0 Å².